The normalized spacial score (nSPS) is 12.7. The van der Waals surface area contributed by atoms with Gasteiger partial charge in [0.25, 0.3) is 5.91 Å². The Bertz CT molecular complexity index is 954. The molecular weight excluding hydrogens is 324 g/mol. The van der Waals surface area contributed by atoms with Gasteiger partial charge in [-0.1, -0.05) is 48.0 Å². The molecule has 2 aromatic carbocycles. The first-order valence-corrected chi connectivity index (χ1v) is 8.73. The summed E-state index contributed by atoms with van der Waals surface area (Å²) in [6.07, 6.45) is 2.61. The SMILES string of the molecule is Cc1cccc(CNC(=O)c2ccnc(N3CCc4ccccc43)n2)c1. The maximum absolute atomic E-state index is 12.5. The molecule has 0 saturated carbocycles. The molecule has 0 bridgehead atoms. The summed E-state index contributed by atoms with van der Waals surface area (Å²) in [4.78, 5) is 23.4. The third-order valence-electron chi connectivity index (χ3n) is 4.54. The Morgan fingerprint density at radius 2 is 2.04 bits per heavy atom. The molecule has 130 valence electrons. The van der Waals surface area contributed by atoms with Crippen LogP contribution in [0, 0.1) is 6.92 Å². The fourth-order valence-corrected chi connectivity index (χ4v) is 3.25. The van der Waals surface area contributed by atoms with Crippen LogP contribution in [-0.4, -0.2) is 22.4 Å². The summed E-state index contributed by atoms with van der Waals surface area (Å²) in [7, 11) is 0. The highest BCUT2D eigenvalue weighted by Crippen LogP contribution is 2.32. The highest BCUT2D eigenvalue weighted by atomic mass is 16.1. The minimum atomic E-state index is -0.192. The van der Waals surface area contributed by atoms with E-state index in [2.05, 4.69) is 38.4 Å². The van der Waals surface area contributed by atoms with Gasteiger partial charge < -0.3 is 10.2 Å². The van der Waals surface area contributed by atoms with Gasteiger partial charge in [0.2, 0.25) is 5.95 Å². The van der Waals surface area contributed by atoms with Gasteiger partial charge in [0.15, 0.2) is 0 Å². The van der Waals surface area contributed by atoms with Crippen LogP contribution in [0.2, 0.25) is 0 Å². The largest absolute Gasteiger partial charge is 0.347 e. The number of carbonyl (C=O) groups excluding carboxylic acids is 1. The first-order chi connectivity index (χ1) is 12.7. The van der Waals surface area contributed by atoms with E-state index in [0.717, 1.165) is 24.2 Å². The van der Waals surface area contributed by atoms with Crippen LogP contribution in [0.25, 0.3) is 0 Å². The van der Waals surface area contributed by atoms with Gasteiger partial charge in [0, 0.05) is 25.0 Å². The van der Waals surface area contributed by atoms with Gasteiger partial charge in [-0.15, -0.1) is 0 Å². The summed E-state index contributed by atoms with van der Waals surface area (Å²) in [5, 5.41) is 2.93. The summed E-state index contributed by atoms with van der Waals surface area (Å²) in [5.41, 5.74) is 5.03. The fourth-order valence-electron chi connectivity index (χ4n) is 3.25. The van der Waals surface area contributed by atoms with Crippen LogP contribution in [-0.2, 0) is 13.0 Å². The molecule has 0 saturated heterocycles. The topological polar surface area (TPSA) is 58.1 Å². The molecule has 2 heterocycles. The van der Waals surface area contributed by atoms with E-state index >= 15 is 0 Å². The van der Waals surface area contributed by atoms with E-state index in [1.54, 1.807) is 12.3 Å². The van der Waals surface area contributed by atoms with Crippen LogP contribution in [0.3, 0.4) is 0 Å². The summed E-state index contributed by atoms with van der Waals surface area (Å²) >= 11 is 0. The molecular formula is C21H20N4O. The molecule has 0 unspecified atom stereocenters. The molecule has 4 rings (SSSR count). The summed E-state index contributed by atoms with van der Waals surface area (Å²) < 4.78 is 0. The highest BCUT2D eigenvalue weighted by Gasteiger charge is 2.22. The van der Waals surface area contributed by atoms with E-state index < -0.39 is 0 Å². The minimum Gasteiger partial charge on any atom is -0.347 e. The Kier molecular flexibility index (Phi) is 4.35. The van der Waals surface area contributed by atoms with E-state index in [4.69, 9.17) is 0 Å². The van der Waals surface area contributed by atoms with Crippen molar-refractivity contribution < 1.29 is 4.79 Å². The van der Waals surface area contributed by atoms with Crippen molar-refractivity contribution in [1.29, 1.82) is 0 Å². The fraction of sp³-hybridized carbons (Fsp3) is 0.190. The number of amides is 1. The number of nitrogens with zero attached hydrogens (tertiary/aromatic N) is 3. The lowest BCUT2D eigenvalue weighted by Gasteiger charge is -2.17. The maximum atomic E-state index is 12.5. The number of nitrogens with one attached hydrogen (secondary N) is 1. The first-order valence-electron chi connectivity index (χ1n) is 8.73. The lowest BCUT2D eigenvalue weighted by molar-refractivity contribution is 0.0946. The van der Waals surface area contributed by atoms with E-state index in [9.17, 15) is 4.79 Å². The number of fused-ring (bicyclic) bond motifs is 1. The zero-order valence-electron chi connectivity index (χ0n) is 14.6. The Labute approximate surface area is 152 Å². The molecule has 0 atom stereocenters. The minimum absolute atomic E-state index is 0.192. The van der Waals surface area contributed by atoms with Crippen molar-refractivity contribution in [3.05, 3.63) is 83.2 Å². The summed E-state index contributed by atoms with van der Waals surface area (Å²) in [5.74, 6) is 0.376. The van der Waals surface area contributed by atoms with Crippen molar-refractivity contribution in [3.8, 4) is 0 Å². The van der Waals surface area contributed by atoms with Gasteiger partial charge in [0.1, 0.15) is 5.69 Å². The first kappa shape index (κ1) is 16.3. The van der Waals surface area contributed by atoms with Crippen molar-refractivity contribution in [2.45, 2.75) is 19.9 Å². The zero-order chi connectivity index (χ0) is 17.9. The Morgan fingerprint density at radius 3 is 2.92 bits per heavy atom. The maximum Gasteiger partial charge on any atom is 0.270 e. The lowest BCUT2D eigenvalue weighted by Crippen LogP contribution is -2.25. The zero-order valence-corrected chi connectivity index (χ0v) is 14.6. The number of anilines is 2. The van der Waals surface area contributed by atoms with Crippen molar-refractivity contribution in [2.75, 3.05) is 11.4 Å². The van der Waals surface area contributed by atoms with Crippen molar-refractivity contribution in [2.24, 2.45) is 0 Å². The molecule has 26 heavy (non-hydrogen) atoms. The second-order valence-corrected chi connectivity index (χ2v) is 6.44. The van der Waals surface area contributed by atoms with Crippen LogP contribution in [0.4, 0.5) is 11.6 Å². The van der Waals surface area contributed by atoms with Crippen LogP contribution in [0.1, 0.15) is 27.2 Å². The Hall–Kier alpha value is -3.21. The van der Waals surface area contributed by atoms with E-state index in [-0.39, 0.29) is 5.91 Å². The molecule has 1 aliphatic heterocycles. The molecule has 0 radical (unpaired) electrons. The molecule has 1 amide bonds. The average molecular weight is 344 g/mol. The average Bonchev–Trinajstić information content (AvgIpc) is 3.10. The monoisotopic (exact) mass is 344 g/mol. The number of benzene rings is 2. The molecule has 0 fully saturated rings. The predicted molar refractivity (Wildman–Crippen MR) is 102 cm³/mol. The molecule has 1 N–H and O–H groups in total. The number of aryl methyl sites for hydroxylation is 1. The van der Waals surface area contributed by atoms with E-state index in [0.29, 0.717) is 18.2 Å². The molecule has 3 aromatic rings. The third-order valence-corrected chi connectivity index (χ3v) is 4.54. The van der Waals surface area contributed by atoms with E-state index in [1.807, 2.05) is 37.3 Å². The third kappa shape index (κ3) is 3.28. The second kappa shape index (κ2) is 6.96. The summed E-state index contributed by atoms with van der Waals surface area (Å²) in [6.45, 7) is 3.34. The van der Waals surface area contributed by atoms with Crippen molar-refractivity contribution in [3.63, 3.8) is 0 Å². The van der Waals surface area contributed by atoms with Crippen molar-refractivity contribution in [1.82, 2.24) is 15.3 Å². The number of hydrogen-bond donors (Lipinski definition) is 1. The highest BCUT2D eigenvalue weighted by molar-refractivity contribution is 5.92. The molecule has 1 aliphatic rings. The number of rotatable bonds is 4. The molecule has 5 heteroatoms. The molecule has 5 nitrogen and oxygen atoms in total. The lowest BCUT2D eigenvalue weighted by atomic mass is 10.1. The van der Waals surface area contributed by atoms with Gasteiger partial charge >= 0.3 is 0 Å². The van der Waals surface area contributed by atoms with Gasteiger partial charge in [-0.05, 0) is 36.6 Å². The second-order valence-electron chi connectivity index (χ2n) is 6.44. The van der Waals surface area contributed by atoms with Gasteiger partial charge in [0.05, 0.1) is 0 Å². The molecule has 0 aliphatic carbocycles. The Balaban J connectivity index is 1.50. The quantitative estimate of drug-likeness (QED) is 0.788. The number of para-hydroxylation sites is 1. The Morgan fingerprint density at radius 1 is 1.15 bits per heavy atom. The standard InChI is InChI=1S/C21H20N4O/c1-15-5-4-6-16(13-15)14-23-20(26)18-9-11-22-21(24-18)25-12-10-17-7-2-3-8-19(17)25/h2-9,11,13H,10,12,14H2,1H3,(H,23,26). The van der Waals surface area contributed by atoms with Gasteiger partial charge in [-0.3, -0.25) is 4.79 Å². The number of aromatic nitrogens is 2. The van der Waals surface area contributed by atoms with Crippen LogP contribution >= 0.6 is 0 Å². The van der Waals surface area contributed by atoms with Gasteiger partial charge in [-0.25, -0.2) is 9.97 Å². The molecule has 1 aromatic heterocycles. The van der Waals surface area contributed by atoms with Gasteiger partial charge in [-0.2, -0.15) is 0 Å². The van der Waals surface area contributed by atoms with E-state index in [1.165, 1.54) is 11.1 Å². The van der Waals surface area contributed by atoms with Crippen LogP contribution in [0.15, 0.2) is 60.8 Å². The molecule has 0 spiro atoms. The smallest absolute Gasteiger partial charge is 0.270 e. The van der Waals surface area contributed by atoms with Crippen LogP contribution < -0.4 is 10.2 Å². The van der Waals surface area contributed by atoms with Crippen molar-refractivity contribution >= 4 is 17.5 Å². The summed E-state index contributed by atoms with van der Waals surface area (Å²) in [6, 6.07) is 18.0. The van der Waals surface area contributed by atoms with Crippen LogP contribution in [0.5, 0.6) is 0 Å². The number of carbonyl (C=O) groups is 1. The predicted octanol–water partition coefficient (Wildman–Crippen LogP) is 3.41. The number of hydrogen-bond acceptors (Lipinski definition) is 4.